The summed E-state index contributed by atoms with van der Waals surface area (Å²) in [5, 5.41) is 19.6. The molecule has 64 heavy (non-hydrogen) atoms. The van der Waals surface area contributed by atoms with Crippen molar-refractivity contribution in [3.8, 4) is 22.8 Å². The highest BCUT2D eigenvalue weighted by molar-refractivity contribution is 7.90. The molecule has 0 spiro atoms. The van der Waals surface area contributed by atoms with Crippen molar-refractivity contribution in [1.29, 1.82) is 0 Å². The summed E-state index contributed by atoms with van der Waals surface area (Å²) in [6, 6.07) is 29.4. The van der Waals surface area contributed by atoms with Crippen molar-refractivity contribution in [1.82, 2.24) is 28.9 Å². The van der Waals surface area contributed by atoms with Crippen LogP contribution in [0.1, 0.15) is 72.3 Å². The molecule has 17 heteroatoms. The van der Waals surface area contributed by atoms with Gasteiger partial charge in [-0.2, -0.15) is 0 Å². The second-order valence-electron chi connectivity index (χ2n) is 15.1. The summed E-state index contributed by atoms with van der Waals surface area (Å²) in [5.41, 5.74) is 4.46. The molecular formula is C47H46ClN7O8S. The SMILES string of the molecule is C=C1CCC(O)CC1.COC(=O)c1cc2c(Cl)nc(-c3ccccc3)nc2n1S(=O)(=O)c1ccccc1.COC(=O)c1cc2c(N=C3CCC(O)CC3)nc(-c3ccccc3)nc2[nH]1. The number of aromatic amines is 1. The number of benzene rings is 3. The van der Waals surface area contributed by atoms with E-state index >= 15 is 0 Å². The smallest absolute Gasteiger partial charge is 0.355 e. The van der Waals surface area contributed by atoms with Crippen molar-refractivity contribution in [2.45, 2.75) is 68.5 Å². The molecule has 4 heterocycles. The first-order valence-electron chi connectivity index (χ1n) is 20.5. The van der Waals surface area contributed by atoms with Gasteiger partial charge >= 0.3 is 11.9 Å². The van der Waals surface area contributed by atoms with E-state index in [2.05, 4.69) is 31.5 Å². The molecule has 0 unspecified atom stereocenters. The summed E-state index contributed by atoms with van der Waals surface area (Å²) < 4.78 is 37.1. The third-order valence-corrected chi connectivity index (χ3v) is 12.6. The molecule has 3 N–H and O–H groups in total. The standard InChI is InChI=1S/C20H14ClN3O4S.C20H20N4O3.C7H12O/c1-28-20(25)16-12-15-17(21)22-18(13-8-4-2-5-9-13)23-19(15)24(16)29(26,27)14-10-6-3-7-11-14;1-27-20(26)16-11-15-18(21-13-7-9-14(25)10-8-13)23-17(24-19(15)22-16)12-5-3-2-4-6-12;1-6-2-4-7(8)5-3-6/h2-12H,1H3;2-6,11,14,25H,7-10H2,1H3,(H,22,23,24);7-8H,1-5H2. The van der Waals surface area contributed by atoms with Crippen LogP contribution in [-0.4, -0.2) is 91.6 Å². The number of halogens is 1. The number of aliphatic hydroxyl groups excluding tert-OH is 2. The molecule has 0 aliphatic heterocycles. The van der Waals surface area contributed by atoms with Gasteiger partial charge in [-0.05, 0) is 75.6 Å². The number of hydrogen-bond donors (Lipinski definition) is 3. The second-order valence-corrected chi connectivity index (χ2v) is 17.3. The van der Waals surface area contributed by atoms with E-state index in [0.29, 0.717) is 46.8 Å². The first kappa shape index (κ1) is 45.4. The summed E-state index contributed by atoms with van der Waals surface area (Å²) in [7, 11) is -1.65. The summed E-state index contributed by atoms with van der Waals surface area (Å²) in [5.74, 6) is 0.00354. The minimum Gasteiger partial charge on any atom is -0.464 e. The van der Waals surface area contributed by atoms with E-state index in [0.717, 1.165) is 53.8 Å². The molecule has 330 valence electrons. The average molecular weight is 904 g/mol. The molecule has 2 fully saturated rings. The van der Waals surface area contributed by atoms with Crippen molar-refractivity contribution in [2.24, 2.45) is 4.99 Å². The van der Waals surface area contributed by atoms with E-state index in [4.69, 9.17) is 31.2 Å². The van der Waals surface area contributed by atoms with Crippen LogP contribution in [0.4, 0.5) is 5.82 Å². The number of rotatable bonds is 7. The van der Waals surface area contributed by atoms with Crippen LogP contribution in [0.5, 0.6) is 0 Å². The van der Waals surface area contributed by atoms with Gasteiger partial charge in [0.15, 0.2) is 23.1 Å². The van der Waals surface area contributed by atoms with E-state index in [9.17, 15) is 23.1 Å². The fourth-order valence-corrected chi connectivity index (χ4v) is 8.83. The van der Waals surface area contributed by atoms with Crippen molar-refractivity contribution >= 4 is 67.2 Å². The molecular weight excluding hydrogens is 858 g/mol. The Morgan fingerprint density at radius 3 is 1.81 bits per heavy atom. The lowest BCUT2D eigenvalue weighted by Crippen LogP contribution is -2.19. The van der Waals surface area contributed by atoms with Gasteiger partial charge in [0.1, 0.15) is 22.2 Å². The maximum absolute atomic E-state index is 13.4. The van der Waals surface area contributed by atoms with Crippen LogP contribution in [0.25, 0.3) is 44.8 Å². The van der Waals surface area contributed by atoms with Crippen LogP contribution in [0.3, 0.4) is 0 Å². The molecule has 3 aromatic carbocycles. The van der Waals surface area contributed by atoms with E-state index in [1.807, 2.05) is 36.4 Å². The normalized spacial score (nSPS) is 15.4. The number of allylic oxidation sites excluding steroid dienone is 1. The molecule has 2 aliphatic carbocycles. The molecule has 0 amide bonds. The zero-order valence-corrected chi connectivity index (χ0v) is 36.7. The monoisotopic (exact) mass is 903 g/mol. The Hall–Kier alpha value is -6.59. The number of H-pyrrole nitrogens is 1. The Balaban J connectivity index is 0.000000163. The van der Waals surface area contributed by atoms with Crippen molar-refractivity contribution in [3.05, 3.63) is 132 Å². The Labute approximate surface area is 374 Å². The molecule has 0 saturated heterocycles. The first-order chi connectivity index (χ1) is 30.9. The molecule has 0 atom stereocenters. The fourth-order valence-electron chi connectivity index (χ4n) is 7.15. The van der Waals surface area contributed by atoms with Crippen LogP contribution >= 0.6 is 11.6 Å². The Morgan fingerprint density at radius 1 is 0.734 bits per heavy atom. The molecule has 2 aliphatic rings. The first-order valence-corrected chi connectivity index (χ1v) is 22.3. The number of carbonyl (C=O) groups excluding carboxylic acids is 2. The largest absolute Gasteiger partial charge is 0.464 e. The molecule has 15 nitrogen and oxygen atoms in total. The van der Waals surface area contributed by atoms with Gasteiger partial charge in [-0.3, -0.25) is 0 Å². The van der Waals surface area contributed by atoms with Crippen LogP contribution < -0.4 is 0 Å². The van der Waals surface area contributed by atoms with Crippen molar-refractivity contribution < 1.29 is 37.7 Å². The Morgan fingerprint density at radius 2 is 1.27 bits per heavy atom. The Bertz CT molecular complexity index is 2920. The van der Waals surface area contributed by atoms with Gasteiger partial charge in [0.05, 0.1) is 42.1 Å². The van der Waals surface area contributed by atoms with Gasteiger partial charge in [-0.25, -0.2) is 46.9 Å². The number of hydrogen-bond acceptors (Lipinski definition) is 13. The number of nitrogens with one attached hydrogen (secondary N) is 1. The number of fused-ring (bicyclic) bond motifs is 2. The number of esters is 2. The fraction of sp³-hybridized carbons (Fsp3) is 0.255. The third-order valence-electron chi connectivity index (χ3n) is 10.6. The van der Waals surface area contributed by atoms with Gasteiger partial charge in [-0.15, -0.1) is 0 Å². The number of methoxy groups -OCH3 is 2. The number of carbonyl (C=O) groups is 2. The van der Waals surface area contributed by atoms with E-state index < -0.39 is 22.0 Å². The summed E-state index contributed by atoms with van der Waals surface area (Å²) in [6.45, 7) is 3.84. The lowest BCUT2D eigenvalue weighted by atomic mass is 9.94. The number of aliphatic hydroxyl groups is 2. The molecule has 0 radical (unpaired) electrons. The van der Waals surface area contributed by atoms with Gasteiger partial charge in [0, 0.05) is 16.8 Å². The zero-order chi connectivity index (χ0) is 45.4. The highest BCUT2D eigenvalue weighted by Gasteiger charge is 2.30. The molecule has 0 bridgehead atoms. The predicted molar refractivity (Wildman–Crippen MR) is 244 cm³/mol. The second kappa shape index (κ2) is 20.3. The van der Waals surface area contributed by atoms with E-state index in [1.165, 1.54) is 38.0 Å². The minimum absolute atomic E-state index is 0.00125. The van der Waals surface area contributed by atoms with Gasteiger partial charge in [0.25, 0.3) is 10.0 Å². The summed E-state index contributed by atoms with van der Waals surface area (Å²) in [6.07, 6.45) is 6.51. The minimum atomic E-state index is -4.16. The maximum atomic E-state index is 13.4. The number of aliphatic imine (C=N–C) groups is 1. The highest BCUT2D eigenvalue weighted by atomic mass is 35.5. The molecule has 9 rings (SSSR count). The summed E-state index contributed by atoms with van der Waals surface area (Å²) in [4.78, 5) is 49.9. The highest BCUT2D eigenvalue weighted by Crippen LogP contribution is 2.32. The van der Waals surface area contributed by atoms with Crippen LogP contribution in [0.15, 0.2) is 125 Å². The summed E-state index contributed by atoms with van der Waals surface area (Å²) >= 11 is 6.33. The van der Waals surface area contributed by atoms with Crippen LogP contribution in [0.2, 0.25) is 5.15 Å². The van der Waals surface area contributed by atoms with E-state index in [-0.39, 0.29) is 44.8 Å². The zero-order valence-electron chi connectivity index (χ0n) is 35.1. The average Bonchev–Trinajstić information content (AvgIpc) is 3.95. The number of nitrogens with zero attached hydrogens (tertiary/aromatic N) is 6. The van der Waals surface area contributed by atoms with E-state index in [1.54, 1.807) is 48.5 Å². The number of aromatic nitrogens is 6. The Kier molecular flexibility index (Phi) is 14.4. The lowest BCUT2D eigenvalue weighted by molar-refractivity contribution is 0.0585. The van der Waals surface area contributed by atoms with Gasteiger partial charge in [0.2, 0.25) is 0 Å². The van der Waals surface area contributed by atoms with Gasteiger partial charge in [-0.1, -0.05) is 103 Å². The van der Waals surface area contributed by atoms with Crippen LogP contribution in [0, 0.1) is 0 Å². The third kappa shape index (κ3) is 10.4. The molecule has 4 aromatic heterocycles. The van der Waals surface area contributed by atoms with Crippen molar-refractivity contribution in [3.63, 3.8) is 0 Å². The topological polar surface area (TPSA) is 212 Å². The molecule has 2 saturated carbocycles. The number of ether oxygens (including phenoxy) is 2. The van der Waals surface area contributed by atoms with Gasteiger partial charge < -0.3 is 24.7 Å². The van der Waals surface area contributed by atoms with Crippen molar-refractivity contribution in [2.75, 3.05) is 14.2 Å². The quantitative estimate of drug-likeness (QED) is 0.0779. The van der Waals surface area contributed by atoms with Crippen LogP contribution in [-0.2, 0) is 19.5 Å². The lowest BCUT2D eigenvalue weighted by Gasteiger charge is -2.18. The maximum Gasteiger partial charge on any atom is 0.355 e. The molecule has 7 aromatic rings. The predicted octanol–water partition coefficient (Wildman–Crippen LogP) is 8.67.